The Morgan fingerprint density at radius 2 is 1.65 bits per heavy atom. The van der Waals surface area contributed by atoms with Gasteiger partial charge in [0.15, 0.2) is 0 Å². The molecule has 6 aromatic rings. The highest BCUT2D eigenvalue weighted by atomic mass is 16.5. The van der Waals surface area contributed by atoms with Gasteiger partial charge < -0.3 is 20.3 Å². The fourth-order valence-corrected chi connectivity index (χ4v) is 5.29. The molecule has 51 heavy (non-hydrogen) atoms. The lowest BCUT2D eigenvalue weighted by molar-refractivity contribution is -0.128. The van der Waals surface area contributed by atoms with Crippen molar-refractivity contribution in [3.05, 3.63) is 120 Å². The molecule has 3 heterocycles. The SMILES string of the molecule is Cc1ccc(-n2nc(C(C)(C)C)cc2NC(=O)Nc2ccc(OCc3ccnc(Nc4cncc(CC(=O)N(C)C)n4)c3)c3ccccc23)cc1. The monoisotopic (exact) mass is 683 g/mol. The van der Waals surface area contributed by atoms with E-state index in [1.165, 1.54) is 4.90 Å². The van der Waals surface area contributed by atoms with Gasteiger partial charge in [-0.25, -0.2) is 19.4 Å². The van der Waals surface area contributed by atoms with Crippen molar-refractivity contribution in [1.29, 1.82) is 0 Å². The second kappa shape index (κ2) is 14.7. The second-order valence-corrected chi connectivity index (χ2v) is 13.5. The third kappa shape index (κ3) is 8.47. The first-order chi connectivity index (χ1) is 24.4. The zero-order valence-corrected chi connectivity index (χ0v) is 29.6. The minimum Gasteiger partial charge on any atom is -0.488 e. The summed E-state index contributed by atoms with van der Waals surface area (Å²) in [7, 11) is 3.41. The van der Waals surface area contributed by atoms with Crippen LogP contribution in [0.4, 0.5) is 27.9 Å². The lowest BCUT2D eigenvalue weighted by Crippen LogP contribution is -2.24. The molecule has 6 rings (SSSR count). The summed E-state index contributed by atoms with van der Waals surface area (Å²) in [4.78, 5) is 40.2. The minimum absolute atomic E-state index is 0.0601. The van der Waals surface area contributed by atoms with Crippen LogP contribution in [0.3, 0.4) is 0 Å². The normalized spacial score (nSPS) is 11.3. The zero-order chi connectivity index (χ0) is 36.1. The minimum atomic E-state index is -0.390. The number of fused-ring (bicyclic) bond motifs is 1. The van der Waals surface area contributed by atoms with Gasteiger partial charge in [0.05, 0.1) is 35.4 Å². The van der Waals surface area contributed by atoms with E-state index in [1.54, 1.807) is 37.4 Å². The van der Waals surface area contributed by atoms with E-state index in [4.69, 9.17) is 9.84 Å². The quantitative estimate of drug-likeness (QED) is 0.136. The number of benzene rings is 3. The summed E-state index contributed by atoms with van der Waals surface area (Å²) in [5.74, 6) is 2.22. The van der Waals surface area contributed by atoms with Gasteiger partial charge in [-0.3, -0.25) is 15.1 Å². The van der Waals surface area contributed by atoms with E-state index >= 15 is 0 Å². The molecule has 0 aliphatic carbocycles. The molecular weight excluding hydrogens is 642 g/mol. The Labute approximate surface area is 296 Å². The van der Waals surface area contributed by atoms with Crippen LogP contribution in [0.1, 0.15) is 43.3 Å². The van der Waals surface area contributed by atoms with E-state index in [1.807, 2.05) is 85.8 Å². The van der Waals surface area contributed by atoms with Crippen molar-refractivity contribution in [3.63, 3.8) is 0 Å². The molecular formula is C39H41N9O3. The maximum Gasteiger partial charge on any atom is 0.324 e. The Balaban J connectivity index is 1.15. The van der Waals surface area contributed by atoms with Crippen molar-refractivity contribution in [2.45, 2.75) is 46.1 Å². The predicted molar refractivity (Wildman–Crippen MR) is 200 cm³/mol. The van der Waals surface area contributed by atoms with E-state index in [0.717, 1.165) is 33.3 Å². The van der Waals surface area contributed by atoms with Gasteiger partial charge in [0.2, 0.25) is 5.91 Å². The number of ether oxygens (including phenoxy) is 1. The van der Waals surface area contributed by atoms with Crippen molar-refractivity contribution in [3.8, 4) is 11.4 Å². The van der Waals surface area contributed by atoms with Gasteiger partial charge in [0.25, 0.3) is 0 Å². The Morgan fingerprint density at radius 3 is 2.39 bits per heavy atom. The van der Waals surface area contributed by atoms with Crippen LogP contribution in [0.25, 0.3) is 16.5 Å². The average Bonchev–Trinajstić information content (AvgIpc) is 3.53. The van der Waals surface area contributed by atoms with Gasteiger partial charge in [0, 0.05) is 48.7 Å². The number of pyridine rings is 1. The van der Waals surface area contributed by atoms with Gasteiger partial charge in [-0.1, -0.05) is 62.7 Å². The van der Waals surface area contributed by atoms with Crippen molar-refractivity contribution in [2.75, 3.05) is 30.0 Å². The summed E-state index contributed by atoms with van der Waals surface area (Å²) in [6.45, 7) is 8.58. The molecule has 0 atom stereocenters. The molecule has 3 N–H and O–H groups in total. The van der Waals surface area contributed by atoms with Gasteiger partial charge in [-0.2, -0.15) is 5.10 Å². The molecule has 3 amide bonds. The number of nitrogens with one attached hydrogen (secondary N) is 3. The molecule has 260 valence electrons. The molecule has 0 bridgehead atoms. The molecule has 0 aliphatic heterocycles. The van der Waals surface area contributed by atoms with Gasteiger partial charge in [0.1, 0.15) is 29.8 Å². The number of nitrogens with zero attached hydrogens (tertiary/aromatic N) is 6. The third-order valence-corrected chi connectivity index (χ3v) is 8.12. The number of rotatable bonds is 10. The molecule has 0 radical (unpaired) electrons. The first-order valence-electron chi connectivity index (χ1n) is 16.6. The van der Waals surface area contributed by atoms with Gasteiger partial charge in [-0.15, -0.1) is 0 Å². The highest BCUT2D eigenvalue weighted by Crippen LogP contribution is 2.33. The Hall–Kier alpha value is -6.30. The Morgan fingerprint density at radius 1 is 0.882 bits per heavy atom. The number of amides is 3. The van der Waals surface area contributed by atoms with Crippen LogP contribution < -0.4 is 20.7 Å². The van der Waals surface area contributed by atoms with E-state index in [9.17, 15) is 9.59 Å². The van der Waals surface area contributed by atoms with Crippen LogP contribution >= 0.6 is 0 Å². The third-order valence-electron chi connectivity index (χ3n) is 8.12. The molecule has 3 aromatic heterocycles. The van der Waals surface area contributed by atoms with E-state index in [-0.39, 0.29) is 30.4 Å². The highest BCUT2D eigenvalue weighted by Gasteiger charge is 2.22. The second-order valence-electron chi connectivity index (χ2n) is 13.5. The predicted octanol–water partition coefficient (Wildman–Crippen LogP) is 7.41. The van der Waals surface area contributed by atoms with Crippen LogP contribution in [-0.2, 0) is 23.2 Å². The van der Waals surface area contributed by atoms with Crippen molar-refractivity contribution in [2.24, 2.45) is 0 Å². The van der Waals surface area contributed by atoms with E-state index in [0.29, 0.717) is 34.6 Å². The molecule has 0 unspecified atom stereocenters. The number of aryl methyl sites for hydroxylation is 1. The van der Waals surface area contributed by atoms with E-state index < -0.39 is 0 Å². The number of aromatic nitrogens is 5. The van der Waals surface area contributed by atoms with Gasteiger partial charge in [-0.05, 0) is 48.9 Å². The van der Waals surface area contributed by atoms with Crippen LogP contribution in [0.5, 0.6) is 5.75 Å². The average molecular weight is 684 g/mol. The largest absolute Gasteiger partial charge is 0.488 e. The lowest BCUT2D eigenvalue weighted by Gasteiger charge is -2.15. The summed E-state index contributed by atoms with van der Waals surface area (Å²) in [6, 6.07) is 24.7. The lowest BCUT2D eigenvalue weighted by atomic mass is 9.92. The summed E-state index contributed by atoms with van der Waals surface area (Å²) < 4.78 is 8.05. The number of hydrogen-bond acceptors (Lipinski definition) is 8. The number of likely N-dealkylation sites (N-methyl/N-ethyl adjacent to an activating group) is 1. The standard InChI is InChI=1S/C39H41N9O3/c1-25-11-13-28(14-12-25)48-36(21-33(46-48)39(2,3)4)45-38(50)43-31-15-16-32(30-10-8-7-9-29(30)31)51-24-26-17-18-41-34(19-26)44-35-23-40-22-27(42-35)20-37(49)47(5)6/h7-19,21-23H,20,24H2,1-6H3,(H,41,42,44)(H2,43,45,50). The summed E-state index contributed by atoms with van der Waals surface area (Å²) in [5, 5.41) is 15.7. The summed E-state index contributed by atoms with van der Waals surface area (Å²) in [6.07, 6.45) is 5.00. The number of urea groups is 1. The molecule has 0 fully saturated rings. The topological polar surface area (TPSA) is 139 Å². The molecule has 0 spiro atoms. The molecule has 0 aliphatic rings. The van der Waals surface area contributed by atoms with Crippen molar-refractivity contribution in [1.82, 2.24) is 29.6 Å². The van der Waals surface area contributed by atoms with Crippen molar-refractivity contribution >= 4 is 45.9 Å². The molecule has 12 nitrogen and oxygen atoms in total. The number of anilines is 4. The fourth-order valence-electron chi connectivity index (χ4n) is 5.29. The number of carbonyl (C=O) groups excluding carboxylic acids is 2. The Kier molecular flexibility index (Phi) is 9.94. The summed E-state index contributed by atoms with van der Waals surface area (Å²) >= 11 is 0. The van der Waals surface area contributed by atoms with Crippen LogP contribution in [0, 0.1) is 6.92 Å². The Bertz CT molecular complexity index is 2190. The smallest absolute Gasteiger partial charge is 0.324 e. The maximum absolute atomic E-state index is 13.4. The number of carbonyl (C=O) groups is 2. The molecule has 3 aromatic carbocycles. The first kappa shape index (κ1) is 34.6. The fraction of sp³-hybridized carbons (Fsp3) is 0.231. The van der Waals surface area contributed by atoms with Gasteiger partial charge >= 0.3 is 6.03 Å². The molecule has 0 saturated heterocycles. The molecule has 0 saturated carbocycles. The van der Waals surface area contributed by atoms with Crippen LogP contribution in [0.15, 0.2) is 97.5 Å². The maximum atomic E-state index is 13.4. The number of hydrogen-bond donors (Lipinski definition) is 3. The molecule has 12 heteroatoms. The van der Waals surface area contributed by atoms with Crippen LogP contribution in [0.2, 0.25) is 0 Å². The zero-order valence-electron chi connectivity index (χ0n) is 29.6. The van der Waals surface area contributed by atoms with Crippen LogP contribution in [-0.4, -0.2) is 55.7 Å². The summed E-state index contributed by atoms with van der Waals surface area (Å²) in [5.41, 5.74) is 4.72. The van der Waals surface area contributed by atoms with Crippen molar-refractivity contribution < 1.29 is 14.3 Å². The van der Waals surface area contributed by atoms with E-state index in [2.05, 4.69) is 51.7 Å². The highest BCUT2D eigenvalue weighted by molar-refractivity contribution is 6.07. The first-order valence-corrected chi connectivity index (χ1v) is 16.6.